The Hall–Kier alpha value is -2.49. The average molecular weight is 313 g/mol. The molecule has 2 aromatic carbocycles. The number of hydrogen-bond donors (Lipinski definition) is 2. The van der Waals surface area contributed by atoms with Crippen molar-refractivity contribution in [3.05, 3.63) is 53.6 Å². The van der Waals surface area contributed by atoms with Crippen molar-refractivity contribution in [2.24, 2.45) is 0 Å². The van der Waals surface area contributed by atoms with Gasteiger partial charge in [-0.1, -0.05) is 37.6 Å². The van der Waals surface area contributed by atoms with Gasteiger partial charge in [0, 0.05) is 0 Å². The Labute approximate surface area is 137 Å². The second kappa shape index (κ2) is 7.68. The van der Waals surface area contributed by atoms with Gasteiger partial charge in [0.2, 0.25) is 0 Å². The third kappa shape index (κ3) is 4.74. The first-order valence-electron chi connectivity index (χ1n) is 7.81. The van der Waals surface area contributed by atoms with Crippen LogP contribution in [0.25, 0.3) is 0 Å². The van der Waals surface area contributed by atoms with Crippen molar-refractivity contribution in [1.82, 2.24) is 0 Å². The van der Waals surface area contributed by atoms with Crippen LogP contribution in [0, 0.1) is 6.92 Å². The number of benzene rings is 2. The molecule has 1 unspecified atom stereocenters. The van der Waals surface area contributed by atoms with Crippen LogP contribution in [-0.2, 0) is 4.79 Å². The van der Waals surface area contributed by atoms with Crippen LogP contribution in [-0.4, -0.2) is 17.6 Å². The van der Waals surface area contributed by atoms with E-state index in [-0.39, 0.29) is 18.3 Å². The number of anilines is 1. The fourth-order valence-electron chi connectivity index (χ4n) is 2.17. The Kier molecular flexibility index (Phi) is 5.63. The number of carbonyl (C=O) groups is 1. The normalized spacial score (nSPS) is 11.8. The molecule has 0 aliphatic heterocycles. The second-order valence-electron chi connectivity index (χ2n) is 5.74. The van der Waals surface area contributed by atoms with Crippen LogP contribution in [0.1, 0.15) is 37.3 Å². The molecule has 0 aliphatic carbocycles. The molecule has 2 rings (SSSR count). The van der Waals surface area contributed by atoms with E-state index in [1.54, 1.807) is 12.1 Å². The molecule has 0 heterocycles. The zero-order valence-electron chi connectivity index (χ0n) is 13.8. The smallest absolute Gasteiger partial charge is 0.262 e. The van der Waals surface area contributed by atoms with Crippen LogP contribution >= 0.6 is 0 Å². The zero-order chi connectivity index (χ0) is 16.8. The van der Waals surface area contributed by atoms with Gasteiger partial charge in [-0.3, -0.25) is 4.79 Å². The number of rotatable bonds is 6. The van der Waals surface area contributed by atoms with Crippen molar-refractivity contribution in [1.29, 1.82) is 0 Å². The first-order chi connectivity index (χ1) is 11.0. The lowest BCUT2D eigenvalue weighted by Crippen LogP contribution is -2.20. The quantitative estimate of drug-likeness (QED) is 0.785. The standard InChI is InChI=1S/C19H23NO3/c1-4-14(3)15-7-10-17(18(21)11-15)20-19(22)12-23-16-8-5-13(2)6-9-16/h5-11,14,21H,4,12H2,1-3H3,(H,20,22). The van der Waals surface area contributed by atoms with E-state index in [0.29, 0.717) is 17.4 Å². The molecule has 2 aromatic rings. The van der Waals surface area contributed by atoms with Crippen molar-refractivity contribution in [2.45, 2.75) is 33.1 Å². The first kappa shape index (κ1) is 16.9. The number of amides is 1. The van der Waals surface area contributed by atoms with Gasteiger partial charge in [0.25, 0.3) is 5.91 Å². The summed E-state index contributed by atoms with van der Waals surface area (Å²) in [7, 11) is 0. The number of aryl methyl sites for hydroxylation is 1. The fraction of sp³-hybridized carbons (Fsp3) is 0.316. The minimum absolute atomic E-state index is 0.0754. The van der Waals surface area contributed by atoms with E-state index >= 15 is 0 Å². The molecule has 1 amide bonds. The molecule has 122 valence electrons. The number of ether oxygens (including phenoxy) is 1. The van der Waals surface area contributed by atoms with Crippen LogP contribution in [0.3, 0.4) is 0 Å². The van der Waals surface area contributed by atoms with Gasteiger partial charge in [-0.25, -0.2) is 0 Å². The SMILES string of the molecule is CCC(C)c1ccc(NC(=O)COc2ccc(C)cc2)c(O)c1. The molecule has 4 heteroatoms. The maximum atomic E-state index is 11.9. The minimum atomic E-state index is -0.308. The van der Waals surface area contributed by atoms with Crippen LogP contribution in [0.2, 0.25) is 0 Å². The Morgan fingerprint density at radius 1 is 1.22 bits per heavy atom. The monoisotopic (exact) mass is 313 g/mol. The largest absolute Gasteiger partial charge is 0.506 e. The summed E-state index contributed by atoms with van der Waals surface area (Å²) in [5, 5.41) is 12.7. The summed E-state index contributed by atoms with van der Waals surface area (Å²) in [5.41, 5.74) is 2.58. The lowest BCUT2D eigenvalue weighted by Gasteiger charge is -2.13. The highest BCUT2D eigenvalue weighted by Gasteiger charge is 2.10. The summed E-state index contributed by atoms with van der Waals surface area (Å²) < 4.78 is 5.42. The maximum Gasteiger partial charge on any atom is 0.262 e. The molecule has 0 fully saturated rings. The van der Waals surface area contributed by atoms with Crippen molar-refractivity contribution in [3.63, 3.8) is 0 Å². The van der Waals surface area contributed by atoms with Crippen molar-refractivity contribution < 1.29 is 14.6 Å². The van der Waals surface area contributed by atoms with Crippen molar-refractivity contribution in [3.8, 4) is 11.5 Å². The molecule has 0 aromatic heterocycles. The number of phenolic OH excluding ortho intramolecular Hbond substituents is 1. The number of nitrogens with one attached hydrogen (secondary N) is 1. The predicted molar refractivity (Wildman–Crippen MR) is 92.1 cm³/mol. The lowest BCUT2D eigenvalue weighted by molar-refractivity contribution is -0.118. The summed E-state index contributed by atoms with van der Waals surface area (Å²) in [6, 6.07) is 12.8. The molecule has 23 heavy (non-hydrogen) atoms. The van der Waals surface area contributed by atoms with Gasteiger partial charge >= 0.3 is 0 Å². The zero-order valence-corrected chi connectivity index (χ0v) is 13.8. The number of aromatic hydroxyl groups is 1. The molecule has 2 N–H and O–H groups in total. The summed E-state index contributed by atoms with van der Waals surface area (Å²) in [4.78, 5) is 11.9. The molecule has 0 radical (unpaired) electrons. The molecule has 1 atom stereocenters. The first-order valence-corrected chi connectivity index (χ1v) is 7.81. The highest BCUT2D eigenvalue weighted by Crippen LogP contribution is 2.29. The van der Waals surface area contributed by atoms with Crippen LogP contribution < -0.4 is 10.1 Å². The van der Waals surface area contributed by atoms with E-state index in [4.69, 9.17) is 4.74 Å². The lowest BCUT2D eigenvalue weighted by atomic mass is 9.98. The van der Waals surface area contributed by atoms with Gasteiger partial charge in [0.05, 0.1) is 5.69 Å². The Balaban J connectivity index is 1.93. The summed E-state index contributed by atoms with van der Waals surface area (Å²) >= 11 is 0. The highest BCUT2D eigenvalue weighted by atomic mass is 16.5. The van der Waals surface area contributed by atoms with E-state index in [1.807, 2.05) is 37.3 Å². The van der Waals surface area contributed by atoms with Crippen molar-refractivity contribution >= 4 is 11.6 Å². The molecule has 0 bridgehead atoms. The van der Waals surface area contributed by atoms with Gasteiger partial charge in [-0.05, 0) is 49.1 Å². The second-order valence-corrected chi connectivity index (χ2v) is 5.74. The number of carbonyl (C=O) groups excluding carboxylic acids is 1. The van der Waals surface area contributed by atoms with E-state index < -0.39 is 0 Å². The third-order valence-electron chi connectivity index (χ3n) is 3.87. The van der Waals surface area contributed by atoms with Gasteiger partial charge in [0.15, 0.2) is 6.61 Å². The van der Waals surface area contributed by atoms with E-state index in [9.17, 15) is 9.90 Å². The fourth-order valence-corrected chi connectivity index (χ4v) is 2.17. The molecular formula is C19H23NO3. The third-order valence-corrected chi connectivity index (χ3v) is 3.87. The van der Waals surface area contributed by atoms with Gasteiger partial charge in [-0.2, -0.15) is 0 Å². The number of phenols is 1. The molecule has 0 spiro atoms. The van der Waals surface area contributed by atoms with Gasteiger partial charge in [0.1, 0.15) is 11.5 Å². The van der Waals surface area contributed by atoms with E-state index in [1.165, 1.54) is 0 Å². The number of hydrogen-bond acceptors (Lipinski definition) is 3. The van der Waals surface area contributed by atoms with E-state index in [2.05, 4.69) is 19.2 Å². The summed E-state index contributed by atoms with van der Waals surface area (Å²) in [6.45, 7) is 6.08. The van der Waals surface area contributed by atoms with Crippen LogP contribution in [0.4, 0.5) is 5.69 Å². The average Bonchev–Trinajstić information content (AvgIpc) is 2.55. The molecule has 4 nitrogen and oxygen atoms in total. The van der Waals surface area contributed by atoms with Gasteiger partial charge in [-0.15, -0.1) is 0 Å². The Bertz CT molecular complexity index is 665. The predicted octanol–water partition coefficient (Wildman–Crippen LogP) is 4.23. The maximum absolute atomic E-state index is 11.9. The highest BCUT2D eigenvalue weighted by molar-refractivity contribution is 5.93. The minimum Gasteiger partial charge on any atom is -0.506 e. The van der Waals surface area contributed by atoms with E-state index in [0.717, 1.165) is 17.5 Å². The molecule has 0 aliphatic rings. The molecule has 0 saturated carbocycles. The molecule has 0 saturated heterocycles. The van der Waals surface area contributed by atoms with Crippen LogP contribution in [0.5, 0.6) is 11.5 Å². The molecular weight excluding hydrogens is 290 g/mol. The summed E-state index contributed by atoms with van der Waals surface area (Å²) in [6.07, 6.45) is 0.996. The van der Waals surface area contributed by atoms with Crippen molar-refractivity contribution in [2.75, 3.05) is 11.9 Å². The van der Waals surface area contributed by atoms with Crippen LogP contribution in [0.15, 0.2) is 42.5 Å². The Morgan fingerprint density at radius 2 is 1.91 bits per heavy atom. The van der Waals surface area contributed by atoms with Gasteiger partial charge < -0.3 is 15.2 Å². The topological polar surface area (TPSA) is 58.6 Å². The summed E-state index contributed by atoms with van der Waals surface area (Å²) in [5.74, 6) is 0.779. The Morgan fingerprint density at radius 3 is 2.52 bits per heavy atom.